The molecule has 0 unspecified atom stereocenters. The fourth-order valence-corrected chi connectivity index (χ4v) is 3.02. The number of hydrogen-bond donors (Lipinski definition) is 2. The molecule has 0 radical (unpaired) electrons. The van der Waals surface area contributed by atoms with Crippen LogP contribution in [0.4, 0.5) is 5.82 Å². The van der Waals surface area contributed by atoms with Gasteiger partial charge in [-0.05, 0) is 69.5 Å². The van der Waals surface area contributed by atoms with E-state index in [4.69, 9.17) is 9.72 Å². The van der Waals surface area contributed by atoms with Crippen molar-refractivity contribution in [3.8, 4) is 0 Å². The highest BCUT2D eigenvalue weighted by Crippen LogP contribution is 2.21. The number of aryl methyl sites for hydroxylation is 2. The average Bonchev–Trinajstić information content (AvgIpc) is 2.51. The van der Waals surface area contributed by atoms with E-state index in [1.165, 1.54) is 56.2 Å². The van der Waals surface area contributed by atoms with Crippen LogP contribution in [0.5, 0.6) is 0 Å². The van der Waals surface area contributed by atoms with E-state index in [0.29, 0.717) is 6.10 Å². The molecule has 4 nitrogen and oxygen atoms in total. The van der Waals surface area contributed by atoms with Crippen molar-refractivity contribution in [1.82, 2.24) is 10.3 Å². The molecular weight excluding hydrogens is 274 g/mol. The van der Waals surface area contributed by atoms with Gasteiger partial charge in [-0.15, -0.1) is 0 Å². The van der Waals surface area contributed by atoms with Crippen LogP contribution in [0.3, 0.4) is 0 Å². The van der Waals surface area contributed by atoms with Crippen LogP contribution in [0, 0.1) is 0 Å². The number of fused-ring (bicyclic) bond motifs is 1. The number of ether oxygens (including phenoxy) is 1. The third-order valence-corrected chi connectivity index (χ3v) is 4.67. The molecule has 3 rings (SSSR count). The van der Waals surface area contributed by atoms with Crippen molar-refractivity contribution in [1.29, 1.82) is 0 Å². The largest absolute Gasteiger partial charge is 0.377 e. The summed E-state index contributed by atoms with van der Waals surface area (Å²) in [5, 5.41) is 6.88. The molecule has 0 bridgehead atoms. The first-order valence-corrected chi connectivity index (χ1v) is 8.97. The van der Waals surface area contributed by atoms with Gasteiger partial charge in [0.05, 0.1) is 12.7 Å². The predicted molar refractivity (Wildman–Crippen MR) is 90.4 cm³/mol. The number of nitrogens with one attached hydrogen (secondary N) is 2. The van der Waals surface area contributed by atoms with Gasteiger partial charge in [-0.3, -0.25) is 0 Å². The van der Waals surface area contributed by atoms with Crippen molar-refractivity contribution >= 4 is 5.82 Å². The lowest BCUT2D eigenvalue weighted by molar-refractivity contribution is 0.00432. The molecule has 1 saturated carbocycles. The second-order valence-corrected chi connectivity index (χ2v) is 6.47. The molecule has 0 amide bonds. The Morgan fingerprint density at radius 3 is 3.00 bits per heavy atom. The van der Waals surface area contributed by atoms with Gasteiger partial charge < -0.3 is 15.4 Å². The van der Waals surface area contributed by atoms with E-state index < -0.39 is 0 Å². The third kappa shape index (κ3) is 4.68. The van der Waals surface area contributed by atoms with Gasteiger partial charge in [0.1, 0.15) is 5.82 Å². The van der Waals surface area contributed by atoms with Gasteiger partial charge in [0.15, 0.2) is 0 Å². The molecule has 2 heterocycles. The van der Waals surface area contributed by atoms with Crippen LogP contribution in [0.1, 0.15) is 49.8 Å². The molecule has 0 atom stereocenters. The molecule has 1 fully saturated rings. The quantitative estimate of drug-likeness (QED) is 0.689. The molecule has 0 spiro atoms. The van der Waals surface area contributed by atoms with E-state index >= 15 is 0 Å². The standard InChI is InChI=1S/C18H29N3O/c1(2-11-19-13-14-22-17-7-3-8-17)6-16-10-9-15-5-4-12-20-18(15)21-16/h9-10,17,19H,1-8,11-14H2,(H,20,21). The van der Waals surface area contributed by atoms with Crippen LogP contribution >= 0.6 is 0 Å². The van der Waals surface area contributed by atoms with Gasteiger partial charge in [0, 0.05) is 18.8 Å². The lowest BCUT2D eigenvalue weighted by Gasteiger charge is -2.25. The Morgan fingerprint density at radius 2 is 2.14 bits per heavy atom. The smallest absolute Gasteiger partial charge is 0.129 e. The highest BCUT2D eigenvalue weighted by Gasteiger charge is 2.16. The van der Waals surface area contributed by atoms with Crippen LogP contribution in [0.25, 0.3) is 0 Å². The van der Waals surface area contributed by atoms with Crippen molar-refractivity contribution < 1.29 is 4.74 Å². The Balaban J connectivity index is 1.24. The SMILES string of the molecule is c1cc2c(nc1CCCCNCCOC1CCC1)NCCC2. The molecule has 1 aromatic rings. The molecule has 0 saturated heterocycles. The zero-order valence-electron chi connectivity index (χ0n) is 13.6. The molecule has 4 heteroatoms. The zero-order chi connectivity index (χ0) is 15.0. The van der Waals surface area contributed by atoms with Crippen molar-refractivity contribution in [2.24, 2.45) is 0 Å². The Kier molecular flexibility index (Phi) is 6.08. The van der Waals surface area contributed by atoms with Crippen LogP contribution in [0.15, 0.2) is 12.1 Å². The Bertz CT molecular complexity index is 460. The fraction of sp³-hybridized carbons (Fsp3) is 0.722. The van der Waals surface area contributed by atoms with E-state index in [9.17, 15) is 0 Å². The monoisotopic (exact) mass is 303 g/mol. The maximum atomic E-state index is 5.73. The molecule has 1 aliphatic heterocycles. The number of rotatable bonds is 9. The minimum Gasteiger partial charge on any atom is -0.377 e. The number of nitrogens with zero attached hydrogens (tertiary/aromatic N) is 1. The Morgan fingerprint density at radius 1 is 1.18 bits per heavy atom. The summed E-state index contributed by atoms with van der Waals surface area (Å²) in [6.45, 7) is 3.99. The van der Waals surface area contributed by atoms with Gasteiger partial charge >= 0.3 is 0 Å². The number of unbranched alkanes of at least 4 members (excludes halogenated alkanes) is 1. The summed E-state index contributed by atoms with van der Waals surface area (Å²) in [6.07, 6.45) is 10.3. The third-order valence-electron chi connectivity index (χ3n) is 4.67. The number of pyridine rings is 1. The second kappa shape index (κ2) is 8.49. The molecule has 2 aliphatic rings. The van der Waals surface area contributed by atoms with Gasteiger partial charge in [0.2, 0.25) is 0 Å². The number of hydrogen-bond acceptors (Lipinski definition) is 4. The summed E-state index contributed by atoms with van der Waals surface area (Å²) < 4.78 is 5.73. The van der Waals surface area contributed by atoms with Gasteiger partial charge in [-0.25, -0.2) is 4.98 Å². The van der Waals surface area contributed by atoms with Gasteiger partial charge in [0.25, 0.3) is 0 Å². The van der Waals surface area contributed by atoms with Crippen molar-refractivity contribution in [3.05, 3.63) is 23.4 Å². The van der Waals surface area contributed by atoms with Crippen LogP contribution in [-0.2, 0) is 17.6 Å². The summed E-state index contributed by atoms with van der Waals surface area (Å²) in [6, 6.07) is 4.45. The van der Waals surface area contributed by atoms with E-state index in [1.54, 1.807) is 0 Å². The molecule has 2 N–H and O–H groups in total. The van der Waals surface area contributed by atoms with E-state index in [2.05, 4.69) is 22.8 Å². The molecular formula is C18H29N3O. The Hall–Kier alpha value is -1.13. The first-order valence-electron chi connectivity index (χ1n) is 8.97. The van der Waals surface area contributed by atoms with Crippen molar-refractivity contribution in [3.63, 3.8) is 0 Å². The van der Waals surface area contributed by atoms with Crippen LogP contribution < -0.4 is 10.6 Å². The summed E-state index contributed by atoms with van der Waals surface area (Å²) in [5.41, 5.74) is 2.60. The normalized spacial score (nSPS) is 17.6. The van der Waals surface area contributed by atoms with Crippen LogP contribution in [0.2, 0.25) is 0 Å². The first kappa shape index (κ1) is 15.8. The maximum absolute atomic E-state index is 5.73. The van der Waals surface area contributed by atoms with Gasteiger partial charge in [-0.1, -0.05) is 6.07 Å². The predicted octanol–water partition coefficient (Wildman–Crippen LogP) is 2.92. The topological polar surface area (TPSA) is 46.2 Å². The highest BCUT2D eigenvalue weighted by atomic mass is 16.5. The summed E-state index contributed by atoms with van der Waals surface area (Å²) in [7, 11) is 0. The molecule has 122 valence electrons. The van der Waals surface area contributed by atoms with Gasteiger partial charge in [-0.2, -0.15) is 0 Å². The highest BCUT2D eigenvalue weighted by molar-refractivity contribution is 5.46. The molecule has 1 aliphatic carbocycles. The molecule has 0 aromatic carbocycles. The summed E-state index contributed by atoms with van der Waals surface area (Å²) >= 11 is 0. The lowest BCUT2D eigenvalue weighted by Crippen LogP contribution is -2.27. The lowest BCUT2D eigenvalue weighted by atomic mass is 9.96. The Labute approximate surface area is 134 Å². The van der Waals surface area contributed by atoms with Crippen molar-refractivity contribution in [2.75, 3.05) is 31.6 Å². The average molecular weight is 303 g/mol. The summed E-state index contributed by atoms with van der Waals surface area (Å²) in [5.74, 6) is 1.12. The minimum atomic E-state index is 0.561. The first-order chi connectivity index (χ1) is 10.9. The number of anilines is 1. The maximum Gasteiger partial charge on any atom is 0.129 e. The van der Waals surface area contributed by atoms with E-state index in [-0.39, 0.29) is 0 Å². The fourth-order valence-electron chi connectivity index (χ4n) is 3.02. The summed E-state index contributed by atoms with van der Waals surface area (Å²) in [4.78, 5) is 4.74. The van der Waals surface area contributed by atoms with E-state index in [1.807, 2.05) is 0 Å². The van der Waals surface area contributed by atoms with E-state index in [0.717, 1.165) is 38.5 Å². The molecule has 22 heavy (non-hydrogen) atoms. The zero-order valence-corrected chi connectivity index (χ0v) is 13.6. The second-order valence-electron chi connectivity index (χ2n) is 6.47. The minimum absolute atomic E-state index is 0.561. The number of aromatic nitrogens is 1. The molecule has 1 aromatic heterocycles. The van der Waals surface area contributed by atoms with Crippen molar-refractivity contribution in [2.45, 2.75) is 57.5 Å². The van der Waals surface area contributed by atoms with Crippen LogP contribution in [-0.4, -0.2) is 37.3 Å².